The Balaban J connectivity index is 0.980. The molecule has 33 heavy (non-hydrogen) atoms. The van der Waals surface area contributed by atoms with Crippen LogP contribution in [0.5, 0.6) is 11.5 Å². The number of para-hydroxylation sites is 1. The molecule has 3 fully saturated rings. The predicted molar refractivity (Wildman–Crippen MR) is 130 cm³/mol. The maximum Gasteiger partial charge on any atom is 0.231 e. The minimum absolute atomic E-state index is 0.274. The number of likely N-dealkylation sites (tertiary alicyclic amines) is 1. The van der Waals surface area contributed by atoms with Crippen LogP contribution >= 0.6 is 0 Å². The Morgan fingerprint density at radius 2 is 1.88 bits per heavy atom. The van der Waals surface area contributed by atoms with Crippen LogP contribution in [0.25, 0.3) is 0 Å². The highest BCUT2D eigenvalue weighted by Gasteiger charge is 2.28. The number of ether oxygens (including phenoxy) is 2. The van der Waals surface area contributed by atoms with Gasteiger partial charge in [-0.25, -0.2) is 0 Å². The van der Waals surface area contributed by atoms with Crippen molar-refractivity contribution in [2.24, 2.45) is 11.8 Å². The van der Waals surface area contributed by atoms with E-state index in [9.17, 15) is 4.79 Å². The second-order valence-corrected chi connectivity index (χ2v) is 10.7. The Morgan fingerprint density at radius 1 is 1.03 bits per heavy atom. The predicted octanol–water partition coefficient (Wildman–Crippen LogP) is 4.05. The van der Waals surface area contributed by atoms with E-state index in [2.05, 4.69) is 27.7 Å². The summed E-state index contributed by atoms with van der Waals surface area (Å²) in [5, 5.41) is 6.75. The number of carbonyl (C=O) groups is 1. The van der Waals surface area contributed by atoms with E-state index in [1.54, 1.807) is 0 Å². The molecule has 5 rings (SSSR count). The van der Waals surface area contributed by atoms with Gasteiger partial charge < -0.3 is 25.0 Å². The van der Waals surface area contributed by atoms with Crippen LogP contribution < -0.4 is 20.1 Å². The van der Waals surface area contributed by atoms with Gasteiger partial charge in [-0.1, -0.05) is 12.1 Å². The van der Waals surface area contributed by atoms with E-state index in [1.165, 1.54) is 70.1 Å². The number of hydrogen-bond donors (Lipinski definition) is 2. The van der Waals surface area contributed by atoms with Gasteiger partial charge in [-0.05, 0) is 114 Å². The number of hydrogen-bond acceptors (Lipinski definition) is 5. The summed E-state index contributed by atoms with van der Waals surface area (Å²) in [5.74, 6) is 4.10. The molecule has 1 aromatic rings. The first-order valence-corrected chi connectivity index (χ1v) is 13.4. The third-order valence-corrected chi connectivity index (χ3v) is 8.39. The molecule has 0 spiro atoms. The third-order valence-electron chi connectivity index (χ3n) is 8.39. The van der Waals surface area contributed by atoms with E-state index < -0.39 is 0 Å². The van der Waals surface area contributed by atoms with Crippen molar-refractivity contribution in [1.82, 2.24) is 15.5 Å². The number of benzene rings is 1. The van der Waals surface area contributed by atoms with Crippen LogP contribution in [-0.4, -0.2) is 56.4 Å². The van der Waals surface area contributed by atoms with Crippen LogP contribution in [0.2, 0.25) is 0 Å². The number of amides is 1. The second kappa shape index (κ2) is 11.1. The van der Waals surface area contributed by atoms with Gasteiger partial charge in [-0.2, -0.15) is 0 Å². The molecule has 182 valence electrons. The van der Waals surface area contributed by atoms with Gasteiger partial charge in [0.1, 0.15) is 0 Å². The first-order chi connectivity index (χ1) is 16.2. The average molecular weight is 456 g/mol. The van der Waals surface area contributed by atoms with Crippen molar-refractivity contribution in [2.45, 2.75) is 76.2 Å². The number of piperidine rings is 2. The number of carbonyl (C=O) groups excluding carboxylic acids is 1. The molecule has 0 radical (unpaired) electrons. The van der Waals surface area contributed by atoms with Gasteiger partial charge in [0.05, 0.1) is 0 Å². The van der Waals surface area contributed by atoms with E-state index in [4.69, 9.17) is 9.47 Å². The molecule has 1 amide bonds. The lowest BCUT2D eigenvalue weighted by molar-refractivity contribution is -0.123. The number of fused-ring (bicyclic) bond motifs is 1. The summed E-state index contributed by atoms with van der Waals surface area (Å²) >= 11 is 0. The van der Waals surface area contributed by atoms with Crippen molar-refractivity contribution < 1.29 is 14.3 Å². The summed E-state index contributed by atoms with van der Waals surface area (Å²) < 4.78 is 11.3. The third kappa shape index (κ3) is 6.02. The van der Waals surface area contributed by atoms with Crippen molar-refractivity contribution >= 4 is 5.91 Å². The molecule has 2 saturated heterocycles. The van der Waals surface area contributed by atoms with Crippen molar-refractivity contribution in [3.05, 3.63) is 23.8 Å². The van der Waals surface area contributed by atoms with Gasteiger partial charge >= 0.3 is 0 Å². The molecule has 1 unspecified atom stereocenters. The Kier molecular flexibility index (Phi) is 7.72. The lowest BCUT2D eigenvalue weighted by Crippen LogP contribution is -2.40. The van der Waals surface area contributed by atoms with Gasteiger partial charge in [-0.3, -0.25) is 4.79 Å². The molecule has 1 atom stereocenters. The molecular formula is C27H41N3O3. The smallest absolute Gasteiger partial charge is 0.231 e. The first-order valence-electron chi connectivity index (χ1n) is 13.4. The van der Waals surface area contributed by atoms with E-state index in [0.717, 1.165) is 43.3 Å². The number of rotatable bonds is 7. The minimum Gasteiger partial charge on any atom is -0.454 e. The van der Waals surface area contributed by atoms with Gasteiger partial charge in [0.25, 0.3) is 0 Å². The monoisotopic (exact) mass is 455 g/mol. The lowest BCUT2D eigenvalue weighted by Gasteiger charge is -2.35. The highest BCUT2D eigenvalue weighted by atomic mass is 16.7. The summed E-state index contributed by atoms with van der Waals surface area (Å²) in [6, 6.07) is 6.73. The molecule has 3 heterocycles. The van der Waals surface area contributed by atoms with Crippen molar-refractivity contribution in [3.63, 3.8) is 0 Å². The zero-order valence-corrected chi connectivity index (χ0v) is 20.0. The van der Waals surface area contributed by atoms with Crippen LogP contribution in [0.3, 0.4) is 0 Å². The Bertz CT molecular complexity index is 779. The van der Waals surface area contributed by atoms with Gasteiger partial charge in [0, 0.05) is 18.0 Å². The largest absolute Gasteiger partial charge is 0.454 e. The maximum absolute atomic E-state index is 12.4. The summed E-state index contributed by atoms with van der Waals surface area (Å²) in [6.07, 6.45) is 11.7. The van der Waals surface area contributed by atoms with Crippen LogP contribution in [0.4, 0.5) is 0 Å². The standard InChI is InChI=1S/C27H41N3O3/c31-26(17-21-3-2-13-28-18-21)29-23-8-6-20(7-9-23)10-14-30-15-11-22(12-16-30)24-4-1-5-25-27(24)33-19-32-25/h1,4-5,20-23,28H,2-3,6-19H2,(H,29,31). The van der Waals surface area contributed by atoms with Crippen LogP contribution in [-0.2, 0) is 4.79 Å². The summed E-state index contributed by atoms with van der Waals surface area (Å²) in [5.41, 5.74) is 1.34. The highest BCUT2D eigenvalue weighted by Crippen LogP contribution is 2.42. The van der Waals surface area contributed by atoms with Crippen LogP contribution in [0.15, 0.2) is 18.2 Å². The molecule has 1 saturated carbocycles. The number of nitrogens with zero attached hydrogens (tertiary/aromatic N) is 1. The molecule has 4 aliphatic rings. The van der Waals surface area contributed by atoms with Crippen LogP contribution in [0, 0.1) is 11.8 Å². The van der Waals surface area contributed by atoms with E-state index in [1.807, 2.05) is 6.07 Å². The molecule has 1 aliphatic carbocycles. The van der Waals surface area contributed by atoms with Crippen LogP contribution in [0.1, 0.15) is 75.7 Å². The summed E-state index contributed by atoms with van der Waals surface area (Å²) in [4.78, 5) is 15.1. The lowest BCUT2D eigenvalue weighted by atomic mass is 9.83. The SMILES string of the molecule is O=C(CC1CCCNC1)NC1CCC(CCN2CCC(c3cccc4c3OCO4)CC2)CC1. The molecule has 0 bridgehead atoms. The molecule has 2 N–H and O–H groups in total. The quantitative estimate of drug-likeness (QED) is 0.650. The highest BCUT2D eigenvalue weighted by molar-refractivity contribution is 5.76. The molecule has 1 aromatic carbocycles. The zero-order valence-electron chi connectivity index (χ0n) is 20.0. The zero-order chi connectivity index (χ0) is 22.5. The van der Waals surface area contributed by atoms with Gasteiger partial charge in [0.2, 0.25) is 12.7 Å². The van der Waals surface area contributed by atoms with Gasteiger partial charge in [0.15, 0.2) is 11.5 Å². The van der Waals surface area contributed by atoms with E-state index in [-0.39, 0.29) is 5.91 Å². The van der Waals surface area contributed by atoms with Crippen molar-refractivity contribution in [3.8, 4) is 11.5 Å². The summed E-state index contributed by atoms with van der Waals surface area (Å²) in [7, 11) is 0. The Hall–Kier alpha value is -1.79. The fraction of sp³-hybridized carbons (Fsp3) is 0.741. The van der Waals surface area contributed by atoms with E-state index in [0.29, 0.717) is 31.1 Å². The average Bonchev–Trinajstić information content (AvgIpc) is 3.34. The Labute approximate surface area is 198 Å². The molecule has 6 nitrogen and oxygen atoms in total. The fourth-order valence-electron chi connectivity index (χ4n) is 6.35. The molecule has 0 aromatic heterocycles. The summed E-state index contributed by atoms with van der Waals surface area (Å²) in [6.45, 7) is 6.05. The Morgan fingerprint density at radius 3 is 2.67 bits per heavy atom. The first kappa shape index (κ1) is 23.0. The fourth-order valence-corrected chi connectivity index (χ4v) is 6.35. The van der Waals surface area contributed by atoms with E-state index >= 15 is 0 Å². The maximum atomic E-state index is 12.4. The molecule has 3 aliphatic heterocycles. The normalized spacial score (nSPS) is 28.5. The number of nitrogens with one attached hydrogen (secondary N) is 2. The minimum atomic E-state index is 0.274. The van der Waals surface area contributed by atoms with Gasteiger partial charge in [-0.15, -0.1) is 0 Å². The topological polar surface area (TPSA) is 62.8 Å². The molecule has 6 heteroatoms. The van der Waals surface area contributed by atoms with Crippen molar-refractivity contribution in [2.75, 3.05) is 39.5 Å². The second-order valence-electron chi connectivity index (χ2n) is 10.7. The molecular weight excluding hydrogens is 414 g/mol. The van der Waals surface area contributed by atoms with Crippen molar-refractivity contribution in [1.29, 1.82) is 0 Å².